The number of imidazole rings is 1. The zero-order chi connectivity index (χ0) is 24.0. The lowest BCUT2D eigenvalue weighted by Crippen LogP contribution is -2.27. The minimum Gasteiger partial charge on any atom is -0.493 e. The third kappa shape index (κ3) is 8.08. The molecule has 1 amide bonds. The van der Waals surface area contributed by atoms with Crippen LogP contribution in [0.5, 0.6) is 11.5 Å². The molecule has 1 heterocycles. The van der Waals surface area contributed by atoms with Gasteiger partial charge in [-0.2, -0.15) is 0 Å². The number of nitrogens with one attached hydrogen (secondary N) is 2. The second-order valence-corrected chi connectivity index (χ2v) is 7.91. The van der Waals surface area contributed by atoms with Crippen LogP contribution in [0, 0.1) is 0 Å². The molecule has 0 aliphatic heterocycles. The Morgan fingerprint density at radius 3 is 2.53 bits per heavy atom. The predicted molar refractivity (Wildman–Crippen MR) is 136 cm³/mol. The van der Waals surface area contributed by atoms with Crippen molar-refractivity contribution in [3.8, 4) is 17.2 Å². The van der Waals surface area contributed by atoms with Gasteiger partial charge in [0.1, 0.15) is 0 Å². The van der Waals surface area contributed by atoms with E-state index in [-0.39, 0.29) is 5.91 Å². The van der Waals surface area contributed by atoms with Gasteiger partial charge in [0.25, 0.3) is 0 Å². The van der Waals surface area contributed by atoms with E-state index in [1.807, 2.05) is 59.3 Å². The van der Waals surface area contributed by atoms with Gasteiger partial charge in [0.15, 0.2) is 11.5 Å². The maximum Gasteiger partial charge on any atom is 0.223 e. The molecule has 3 rings (SSSR count). The smallest absolute Gasteiger partial charge is 0.223 e. The Hall–Kier alpha value is -3.58. The second-order valence-electron chi connectivity index (χ2n) is 7.91. The van der Waals surface area contributed by atoms with Gasteiger partial charge in [-0.1, -0.05) is 30.4 Å². The Balaban J connectivity index is 1.22. The van der Waals surface area contributed by atoms with Gasteiger partial charge in [-0.3, -0.25) is 4.79 Å². The first kappa shape index (κ1) is 25.1. The molecule has 0 atom stereocenters. The number of hydrogen-bond donors (Lipinski definition) is 2. The van der Waals surface area contributed by atoms with Gasteiger partial charge in [-0.15, -0.1) is 0 Å². The molecular formula is C27H34N4O3. The van der Waals surface area contributed by atoms with Crippen LogP contribution in [0.1, 0.15) is 30.4 Å². The highest BCUT2D eigenvalue weighted by Gasteiger charge is 2.04. The van der Waals surface area contributed by atoms with Gasteiger partial charge in [0.2, 0.25) is 5.91 Å². The molecule has 2 N–H and O–H groups in total. The number of aromatic nitrogens is 2. The van der Waals surface area contributed by atoms with E-state index in [9.17, 15) is 4.79 Å². The van der Waals surface area contributed by atoms with Crippen molar-refractivity contribution >= 4 is 12.0 Å². The molecule has 0 spiro atoms. The summed E-state index contributed by atoms with van der Waals surface area (Å²) in [5, 5.41) is 6.40. The van der Waals surface area contributed by atoms with E-state index in [2.05, 4.69) is 21.7 Å². The van der Waals surface area contributed by atoms with Crippen molar-refractivity contribution in [1.82, 2.24) is 20.2 Å². The van der Waals surface area contributed by atoms with Gasteiger partial charge < -0.3 is 24.7 Å². The normalized spacial score (nSPS) is 11.0. The van der Waals surface area contributed by atoms with Gasteiger partial charge >= 0.3 is 0 Å². The molecule has 2 aromatic carbocycles. The van der Waals surface area contributed by atoms with E-state index in [1.165, 1.54) is 5.56 Å². The lowest BCUT2D eigenvalue weighted by atomic mass is 10.1. The highest BCUT2D eigenvalue weighted by Crippen LogP contribution is 2.27. The average molecular weight is 463 g/mol. The fourth-order valence-corrected chi connectivity index (χ4v) is 3.56. The maximum atomic E-state index is 12.0. The van der Waals surface area contributed by atoms with Crippen LogP contribution in [0.4, 0.5) is 0 Å². The van der Waals surface area contributed by atoms with Crippen molar-refractivity contribution in [3.05, 3.63) is 78.4 Å². The molecule has 3 aromatic rings. The van der Waals surface area contributed by atoms with E-state index in [1.54, 1.807) is 26.7 Å². The summed E-state index contributed by atoms with van der Waals surface area (Å²) >= 11 is 0. The summed E-state index contributed by atoms with van der Waals surface area (Å²) in [5.74, 6) is 1.56. The average Bonchev–Trinajstić information content (AvgIpc) is 3.41. The van der Waals surface area contributed by atoms with Crippen LogP contribution in [-0.4, -0.2) is 49.3 Å². The molecule has 0 saturated carbocycles. The molecule has 0 fully saturated rings. The number of methoxy groups -OCH3 is 2. The van der Waals surface area contributed by atoms with Gasteiger partial charge in [-0.05, 0) is 67.7 Å². The third-order valence-corrected chi connectivity index (χ3v) is 5.43. The predicted octanol–water partition coefficient (Wildman–Crippen LogP) is 4.02. The van der Waals surface area contributed by atoms with Crippen LogP contribution in [-0.2, 0) is 11.2 Å². The number of amides is 1. The molecule has 0 aliphatic rings. The van der Waals surface area contributed by atoms with Crippen molar-refractivity contribution in [3.63, 3.8) is 0 Å². The van der Waals surface area contributed by atoms with Crippen LogP contribution in [0.25, 0.3) is 11.8 Å². The van der Waals surface area contributed by atoms with Crippen LogP contribution in [0.3, 0.4) is 0 Å². The monoisotopic (exact) mass is 462 g/mol. The molecule has 0 saturated heterocycles. The summed E-state index contributed by atoms with van der Waals surface area (Å²) in [5.41, 5.74) is 3.35. The number of carbonyl (C=O) groups excluding carboxylic acids is 1. The number of benzene rings is 2. The van der Waals surface area contributed by atoms with Crippen LogP contribution < -0.4 is 20.1 Å². The molecule has 34 heavy (non-hydrogen) atoms. The lowest BCUT2D eigenvalue weighted by molar-refractivity contribution is -0.120. The van der Waals surface area contributed by atoms with E-state index in [0.29, 0.717) is 13.0 Å². The van der Waals surface area contributed by atoms with Crippen LogP contribution >= 0.6 is 0 Å². The highest BCUT2D eigenvalue weighted by atomic mass is 16.5. The second kappa shape index (κ2) is 13.9. The number of hydrogen-bond acceptors (Lipinski definition) is 5. The van der Waals surface area contributed by atoms with E-state index >= 15 is 0 Å². The number of rotatable bonds is 14. The molecule has 7 nitrogen and oxygen atoms in total. The van der Waals surface area contributed by atoms with Gasteiger partial charge in [0.05, 0.1) is 20.5 Å². The summed E-state index contributed by atoms with van der Waals surface area (Å²) in [7, 11) is 3.30. The van der Waals surface area contributed by atoms with Crippen LogP contribution in [0.15, 0.2) is 67.3 Å². The zero-order valence-corrected chi connectivity index (χ0v) is 20.0. The number of nitrogens with zero attached hydrogens (tertiary/aromatic N) is 2. The van der Waals surface area contributed by atoms with Crippen molar-refractivity contribution in [2.45, 2.75) is 25.7 Å². The lowest BCUT2D eigenvalue weighted by Gasteiger charge is -2.10. The first-order valence-corrected chi connectivity index (χ1v) is 11.6. The highest BCUT2D eigenvalue weighted by molar-refractivity contribution is 5.78. The fourth-order valence-electron chi connectivity index (χ4n) is 3.56. The number of carbonyl (C=O) groups is 1. The standard InChI is InChI=1S/C27H34N4O3/c1-33-25-14-11-23(20-26(25)34-2)7-4-15-28-16-5-17-30-27(32)8-3-6-22-9-12-24(13-10-22)31-19-18-29-21-31/h3,6,9-14,18-21,28H,4-5,7-8,15-17H2,1-2H3,(H,30,32)/b6-3+. The quantitative estimate of drug-likeness (QED) is 0.354. The van der Waals surface area contributed by atoms with E-state index in [0.717, 1.165) is 55.1 Å². The molecule has 0 radical (unpaired) electrons. The largest absolute Gasteiger partial charge is 0.493 e. The molecule has 1 aromatic heterocycles. The minimum atomic E-state index is 0.0414. The number of ether oxygens (including phenoxy) is 2. The third-order valence-electron chi connectivity index (χ3n) is 5.43. The molecule has 7 heteroatoms. The van der Waals surface area contributed by atoms with Crippen molar-refractivity contribution in [2.24, 2.45) is 0 Å². The minimum absolute atomic E-state index is 0.0414. The molecule has 0 unspecified atom stereocenters. The summed E-state index contributed by atoms with van der Waals surface area (Å²) in [6.45, 7) is 2.49. The Morgan fingerprint density at radius 2 is 1.79 bits per heavy atom. The molecule has 180 valence electrons. The van der Waals surface area contributed by atoms with E-state index < -0.39 is 0 Å². The molecular weight excluding hydrogens is 428 g/mol. The summed E-state index contributed by atoms with van der Waals surface area (Å²) < 4.78 is 12.6. The molecule has 0 aliphatic carbocycles. The van der Waals surface area contributed by atoms with Crippen molar-refractivity contribution < 1.29 is 14.3 Å². The fraction of sp³-hybridized carbons (Fsp3) is 0.333. The first-order valence-electron chi connectivity index (χ1n) is 11.6. The Bertz CT molecular complexity index is 1030. The molecule has 0 bridgehead atoms. The van der Waals surface area contributed by atoms with E-state index in [4.69, 9.17) is 9.47 Å². The summed E-state index contributed by atoms with van der Waals surface area (Å²) in [6.07, 6.45) is 12.6. The first-order chi connectivity index (χ1) is 16.7. The van der Waals surface area contributed by atoms with Crippen LogP contribution in [0.2, 0.25) is 0 Å². The van der Waals surface area contributed by atoms with Gasteiger partial charge in [0, 0.05) is 31.0 Å². The Kier molecular flexibility index (Phi) is 10.2. The number of aryl methyl sites for hydroxylation is 1. The zero-order valence-electron chi connectivity index (χ0n) is 20.0. The van der Waals surface area contributed by atoms with Crippen molar-refractivity contribution in [2.75, 3.05) is 33.9 Å². The van der Waals surface area contributed by atoms with Gasteiger partial charge in [-0.25, -0.2) is 4.98 Å². The summed E-state index contributed by atoms with van der Waals surface area (Å²) in [4.78, 5) is 16.1. The topological polar surface area (TPSA) is 77.4 Å². The Morgan fingerprint density at radius 1 is 1.00 bits per heavy atom. The summed E-state index contributed by atoms with van der Waals surface area (Å²) in [6, 6.07) is 14.2. The Labute approximate surface area is 201 Å². The SMILES string of the molecule is COc1ccc(CCCNCCCNC(=O)C/C=C/c2ccc(-n3ccnc3)cc2)cc1OC. The van der Waals surface area contributed by atoms with Crippen molar-refractivity contribution in [1.29, 1.82) is 0 Å². The maximum absolute atomic E-state index is 12.0.